The maximum absolute atomic E-state index is 12.6. The summed E-state index contributed by atoms with van der Waals surface area (Å²) in [6.45, 7) is 1.50. The number of fused-ring (bicyclic) bond motifs is 2. The van der Waals surface area contributed by atoms with Crippen molar-refractivity contribution in [1.29, 1.82) is 0 Å². The molecule has 1 atom stereocenters. The molecule has 0 saturated heterocycles. The van der Waals surface area contributed by atoms with Gasteiger partial charge in [0.2, 0.25) is 0 Å². The van der Waals surface area contributed by atoms with Crippen LogP contribution in [0.3, 0.4) is 0 Å². The Morgan fingerprint density at radius 2 is 2.33 bits per heavy atom. The minimum Gasteiger partial charge on any atom is -0.332 e. The second-order valence-corrected chi connectivity index (χ2v) is 7.50. The van der Waals surface area contributed by atoms with Crippen LogP contribution < -0.4 is 5.32 Å². The Labute approximate surface area is 146 Å². The average molecular weight is 342 g/mol. The summed E-state index contributed by atoms with van der Waals surface area (Å²) >= 11 is 1.77. The number of amides is 2. The van der Waals surface area contributed by atoms with Crippen LogP contribution in [0.2, 0.25) is 0 Å². The molecule has 1 aromatic carbocycles. The molecule has 1 aliphatic heterocycles. The maximum atomic E-state index is 12.6. The molecule has 0 saturated carbocycles. The van der Waals surface area contributed by atoms with Gasteiger partial charge in [0.15, 0.2) is 5.16 Å². The Balaban J connectivity index is 1.41. The summed E-state index contributed by atoms with van der Waals surface area (Å²) in [5.74, 6) is 1.10. The number of carbonyl (C=O) groups is 1. The van der Waals surface area contributed by atoms with Gasteiger partial charge in [-0.25, -0.2) is 9.78 Å². The van der Waals surface area contributed by atoms with Gasteiger partial charge in [0.25, 0.3) is 0 Å². The molecule has 2 amide bonds. The maximum Gasteiger partial charge on any atom is 0.317 e. The van der Waals surface area contributed by atoms with E-state index in [0.29, 0.717) is 6.54 Å². The Morgan fingerprint density at radius 3 is 3.21 bits per heavy atom. The zero-order chi connectivity index (χ0) is 16.5. The first-order valence-corrected chi connectivity index (χ1v) is 9.48. The fourth-order valence-corrected chi connectivity index (χ4v) is 4.57. The smallest absolute Gasteiger partial charge is 0.317 e. The van der Waals surface area contributed by atoms with Crippen molar-refractivity contribution >= 4 is 17.8 Å². The van der Waals surface area contributed by atoms with Gasteiger partial charge in [-0.2, -0.15) is 0 Å². The number of aryl methyl sites for hydroxylation is 2. The molecule has 0 radical (unpaired) electrons. The van der Waals surface area contributed by atoms with E-state index in [4.69, 9.17) is 0 Å². The summed E-state index contributed by atoms with van der Waals surface area (Å²) in [6, 6.07) is 8.61. The molecule has 0 spiro atoms. The van der Waals surface area contributed by atoms with Gasteiger partial charge in [0.1, 0.15) is 0 Å². The molecule has 126 valence electrons. The van der Waals surface area contributed by atoms with Crippen LogP contribution in [0.5, 0.6) is 0 Å². The normalized spacial score (nSPS) is 18.8. The molecule has 2 heterocycles. The number of hydrogen-bond acceptors (Lipinski definition) is 3. The van der Waals surface area contributed by atoms with Crippen LogP contribution in [0, 0.1) is 0 Å². The molecule has 4 rings (SSSR count). The van der Waals surface area contributed by atoms with Crippen molar-refractivity contribution in [3.8, 4) is 0 Å². The molecule has 1 aromatic heterocycles. The van der Waals surface area contributed by atoms with Gasteiger partial charge in [-0.1, -0.05) is 36.0 Å². The predicted molar refractivity (Wildman–Crippen MR) is 95.1 cm³/mol. The van der Waals surface area contributed by atoms with E-state index in [1.54, 1.807) is 11.8 Å². The number of urea groups is 1. The van der Waals surface area contributed by atoms with Crippen molar-refractivity contribution in [2.45, 2.75) is 43.6 Å². The van der Waals surface area contributed by atoms with Gasteiger partial charge in [-0.3, -0.25) is 0 Å². The molecule has 0 fully saturated rings. The molecule has 1 N–H and O–H groups in total. The van der Waals surface area contributed by atoms with E-state index in [-0.39, 0.29) is 12.1 Å². The number of thioether (sulfide) groups is 1. The first-order valence-electron chi connectivity index (χ1n) is 8.49. The van der Waals surface area contributed by atoms with E-state index in [9.17, 15) is 4.79 Å². The lowest BCUT2D eigenvalue weighted by Crippen LogP contribution is -2.40. The molecule has 5 nitrogen and oxygen atoms in total. The largest absolute Gasteiger partial charge is 0.332 e. The van der Waals surface area contributed by atoms with Crippen LogP contribution in [0.4, 0.5) is 4.79 Å². The molecule has 1 aliphatic carbocycles. The summed E-state index contributed by atoms with van der Waals surface area (Å²) in [4.78, 5) is 19.0. The second-order valence-electron chi connectivity index (χ2n) is 6.43. The average Bonchev–Trinajstić information content (AvgIpc) is 3.20. The minimum atomic E-state index is -0.0301. The summed E-state index contributed by atoms with van der Waals surface area (Å²) in [5.41, 5.74) is 3.60. The van der Waals surface area contributed by atoms with E-state index < -0.39 is 0 Å². The van der Waals surface area contributed by atoms with Crippen molar-refractivity contribution in [3.05, 3.63) is 47.3 Å². The number of rotatable bonds is 3. The third kappa shape index (κ3) is 2.90. The molecular formula is C18H22N4OS. The highest BCUT2D eigenvalue weighted by molar-refractivity contribution is 7.99. The fraction of sp³-hybridized carbons (Fsp3) is 0.444. The Morgan fingerprint density at radius 1 is 1.46 bits per heavy atom. The summed E-state index contributed by atoms with van der Waals surface area (Å²) in [7, 11) is 1.89. The molecule has 2 aromatic rings. The van der Waals surface area contributed by atoms with Crippen molar-refractivity contribution in [2.24, 2.45) is 0 Å². The molecule has 0 bridgehead atoms. The van der Waals surface area contributed by atoms with E-state index in [1.807, 2.05) is 18.1 Å². The lowest BCUT2D eigenvalue weighted by Gasteiger charge is -2.33. The fourth-order valence-electron chi connectivity index (χ4n) is 3.61. The van der Waals surface area contributed by atoms with Crippen molar-refractivity contribution in [1.82, 2.24) is 19.8 Å². The number of benzene rings is 1. The predicted octanol–water partition coefficient (Wildman–Crippen LogP) is 3.21. The van der Waals surface area contributed by atoms with E-state index in [2.05, 4.69) is 39.1 Å². The number of nitrogens with one attached hydrogen (secondary N) is 1. The Kier molecular flexibility index (Phi) is 4.22. The third-order valence-corrected chi connectivity index (χ3v) is 5.87. The van der Waals surface area contributed by atoms with Gasteiger partial charge in [0.05, 0.1) is 18.3 Å². The zero-order valence-corrected chi connectivity index (χ0v) is 14.7. The van der Waals surface area contributed by atoms with Crippen LogP contribution >= 0.6 is 11.8 Å². The highest BCUT2D eigenvalue weighted by Gasteiger charge is 2.26. The quantitative estimate of drug-likeness (QED) is 0.932. The van der Waals surface area contributed by atoms with Crippen molar-refractivity contribution in [3.63, 3.8) is 0 Å². The van der Waals surface area contributed by atoms with Gasteiger partial charge < -0.3 is 14.8 Å². The van der Waals surface area contributed by atoms with Crippen molar-refractivity contribution < 1.29 is 4.79 Å². The lowest BCUT2D eigenvalue weighted by molar-refractivity contribution is 0.183. The first kappa shape index (κ1) is 15.6. The summed E-state index contributed by atoms with van der Waals surface area (Å²) in [5, 5.41) is 4.08. The molecule has 0 unspecified atom stereocenters. The minimum absolute atomic E-state index is 0.0301. The van der Waals surface area contributed by atoms with Gasteiger partial charge in [-0.05, 0) is 30.4 Å². The van der Waals surface area contributed by atoms with E-state index in [0.717, 1.165) is 42.4 Å². The number of imidazole rings is 1. The molecule has 24 heavy (non-hydrogen) atoms. The summed E-state index contributed by atoms with van der Waals surface area (Å²) < 4.78 is 2.16. The van der Waals surface area contributed by atoms with Crippen molar-refractivity contribution in [2.75, 3.05) is 12.8 Å². The van der Waals surface area contributed by atoms with Crippen LogP contribution in [-0.4, -0.2) is 33.3 Å². The Bertz CT molecular complexity index is 736. The molecule has 6 heteroatoms. The van der Waals surface area contributed by atoms with Crippen LogP contribution in [0.1, 0.15) is 35.7 Å². The van der Waals surface area contributed by atoms with E-state index >= 15 is 0 Å². The summed E-state index contributed by atoms with van der Waals surface area (Å²) in [6.07, 6.45) is 5.31. The van der Waals surface area contributed by atoms with Crippen LogP contribution in [-0.2, 0) is 19.5 Å². The topological polar surface area (TPSA) is 50.2 Å². The second kappa shape index (κ2) is 6.51. The number of aromatic nitrogens is 2. The van der Waals surface area contributed by atoms with E-state index in [1.165, 1.54) is 11.1 Å². The third-order valence-electron chi connectivity index (χ3n) is 4.90. The Hall–Kier alpha value is -1.95. The number of carbonyl (C=O) groups excluding carboxylic acids is 1. The standard InChI is InChI=1S/C18H22N4OS/c1-21(16-8-4-6-13-5-2-3-7-15(13)16)17(23)19-11-14-12-22-9-10-24-18(22)20-14/h2-3,5,7,12,16H,4,6,8-11H2,1H3,(H,19,23)/t16-/m1/s1. The van der Waals surface area contributed by atoms with Gasteiger partial charge in [0, 0.05) is 25.5 Å². The monoisotopic (exact) mass is 342 g/mol. The number of hydrogen-bond donors (Lipinski definition) is 1. The molecular weight excluding hydrogens is 320 g/mol. The highest BCUT2D eigenvalue weighted by atomic mass is 32.2. The van der Waals surface area contributed by atoms with Gasteiger partial charge >= 0.3 is 6.03 Å². The number of nitrogens with zero attached hydrogens (tertiary/aromatic N) is 3. The zero-order valence-electron chi connectivity index (χ0n) is 13.9. The highest BCUT2D eigenvalue weighted by Crippen LogP contribution is 2.33. The SMILES string of the molecule is CN(C(=O)NCc1cn2c(n1)SCC2)[C@@H]1CCCc2ccccc21. The van der Waals surface area contributed by atoms with Crippen LogP contribution in [0.25, 0.3) is 0 Å². The van der Waals surface area contributed by atoms with Gasteiger partial charge in [-0.15, -0.1) is 0 Å². The first-order chi connectivity index (χ1) is 11.7. The molecule has 2 aliphatic rings. The lowest BCUT2D eigenvalue weighted by atomic mass is 9.87. The van der Waals surface area contributed by atoms with Crippen LogP contribution in [0.15, 0.2) is 35.6 Å².